The van der Waals surface area contributed by atoms with Gasteiger partial charge in [-0.15, -0.1) is 11.3 Å². The lowest BCUT2D eigenvalue weighted by molar-refractivity contribution is 0.598. The molecule has 2 aromatic rings. The van der Waals surface area contributed by atoms with Crippen molar-refractivity contribution in [3.05, 3.63) is 22.6 Å². The van der Waals surface area contributed by atoms with Gasteiger partial charge < -0.3 is 4.57 Å². The first kappa shape index (κ1) is 14.3. The molecule has 0 saturated heterocycles. The smallest absolute Gasteiger partial charge is 0.284 e. The van der Waals surface area contributed by atoms with Gasteiger partial charge in [0.15, 0.2) is 5.13 Å². The fourth-order valence-corrected chi connectivity index (χ4v) is 3.83. The van der Waals surface area contributed by atoms with Gasteiger partial charge in [0.1, 0.15) is 5.15 Å². The Hall–Kier alpha value is -1.12. The lowest BCUT2D eigenvalue weighted by atomic mass is 10.2. The van der Waals surface area contributed by atoms with Gasteiger partial charge in [-0.3, -0.25) is 4.72 Å². The van der Waals surface area contributed by atoms with E-state index in [1.54, 1.807) is 13.2 Å². The Bertz CT molecular complexity index is 690. The Morgan fingerprint density at radius 1 is 1.42 bits per heavy atom. The molecule has 6 nitrogen and oxygen atoms in total. The normalized spacial score (nSPS) is 12.1. The topological polar surface area (TPSA) is 76.9 Å². The Morgan fingerprint density at radius 2 is 2.11 bits per heavy atom. The molecule has 0 fully saturated rings. The molecule has 0 unspecified atom stereocenters. The van der Waals surface area contributed by atoms with Crippen molar-refractivity contribution in [2.24, 2.45) is 7.05 Å². The summed E-state index contributed by atoms with van der Waals surface area (Å²) < 4.78 is 28.0. The number of hydrogen-bond acceptors (Lipinski definition) is 5. The number of imidazole rings is 1. The predicted octanol–water partition coefficient (Wildman–Crippen LogP) is 2.45. The number of aryl methyl sites for hydroxylation is 1. The monoisotopic (exact) mass is 320 g/mol. The van der Waals surface area contributed by atoms with E-state index in [-0.39, 0.29) is 10.2 Å². The zero-order valence-electron chi connectivity index (χ0n) is 10.6. The van der Waals surface area contributed by atoms with E-state index in [4.69, 9.17) is 11.6 Å². The van der Waals surface area contributed by atoms with Gasteiger partial charge in [0, 0.05) is 18.1 Å². The summed E-state index contributed by atoms with van der Waals surface area (Å²) in [5.74, 6) is 0.300. The van der Waals surface area contributed by atoms with Crippen molar-refractivity contribution in [2.75, 3.05) is 4.72 Å². The molecule has 0 aromatic carbocycles. The van der Waals surface area contributed by atoms with Gasteiger partial charge in [0.05, 0.1) is 6.33 Å². The number of sulfonamides is 1. The van der Waals surface area contributed by atoms with Gasteiger partial charge in [-0.05, 0) is 5.92 Å². The van der Waals surface area contributed by atoms with Crippen LogP contribution in [0, 0.1) is 0 Å². The Kier molecular flexibility index (Phi) is 3.84. The SMILES string of the molecule is CC(C)c1cnc(NS(=O)(=O)c2ncn(C)c2Cl)s1. The first-order chi connectivity index (χ1) is 8.81. The van der Waals surface area contributed by atoms with E-state index in [1.165, 1.54) is 22.2 Å². The fourth-order valence-electron chi connectivity index (χ4n) is 1.34. The van der Waals surface area contributed by atoms with Crippen molar-refractivity contribution in [2.45, 2.75) is 24.8 Å². The molecule has 2 aromatic heterocycles. The van der Waals surface area contributed by atoms with Crippen molar-refractivity contribution in [3.63, 3.8) is 0 Å². The van der Waals surface area contributed by atoms with Gasteiger partial charge in [-0.2, -0.15) is 8.42 Å². The number of nitrogens with one attached hydrogen (secondary N) is 1. The average Bonchev–Trinajstić information content (AvgIpc) is 2.87. The largest absolute Gasteiger partial charge is 0.324 e. The van der Waals surface area contributed by atoms with E-state index in [1.807, 2.05) is 13.8 Å². The first-order valence-corrected chi connectivity index (χ1v) is 8.14. The summed E-state index contributed by atoms with van der Waals surface area (Å²) in [6, 6.07) is 0. The minimum absolute atomic E-state index is 0.0631. The molecule has 0 radical (unpaired) electrons. The van der Waals surface area contributed by atoms with E-state index in [0.717, 1.165) is 4.88 Å². The van der Waals surface area contributed by atoms with Crippen LogP contribution in [0.25, 0.3) is 0 Å². The van der Waals surface area contributed by atoms with E-state index >= 15 is 0 Å². The maximum Gasteiger partial charge on any atom is 0.284 e. The summed E-state index contributed by atoms with van der Waals surface area (Å²) >= 11 is 7.18. The van der Waals surface area contributed by atoms with Crippen molar-refractivity contribution < 1.29 is 8.42 Å². The molecule has 19 heavy (non-hydrogen) atoms. The minimum Gasteiger partial charge on any atom is -0.324 e. The van der Waals surface area contributed by atoms with Crippen LogP contribution in [0.5, 0.6) is 0 Å². The standard InChI is InChI=1S/C10H13ClN4O2S2/c1-6(2)7-4-12-10(18-7)14-19(16,17)9-8(11)15(3)5-13-9/h4-6H,1-3H3,(H,12,14). The average molecular weight is 321 g/mol. The van der Waals surface area contributed by atoms with Gasteiger partial charge in [0.25, 0.3) is 10.0 Å². The fraction of sp³-hybridized carbons (Fsp3) is 0.400. The summed E-state index contributed by atoms with van der Waals surface area (Å²) in [4.78, 5) is 8.82. The summed E-state index contributed by atoms with van der Waals surface area (Å²) in [6.45, 7) is 4.03. The molecule has 0 amide bonds. The second kappa shape index (κ2) is 5.10. The van der Waals surface area contributed by atoms with Crippen LogP contribution in [0.1, 0.15) is 24.6 Å². The molecule has 0 bridgehead atoms. The third-order valence-electron chi connectivity index (χ3n) is 2.40. The predicted molar refractivity (Wildman–Crippen MR) is 75.2 cm³/mol. The summed E-state index contributed by atoms with van der Waals surface area (Å²) in [5.41, 5.74) is 0. The molecule has 0 atom stereocenters. The van der Waals surface area contributed by atoms with Crippen LogP contribution in [-0.4, -0.2) is 23.0 Å². The van der Waals surface area contributed by atoms with E-state index in [2.05, 4.69) is 14.7 Å². The summed E-state index contributed by atoms with van der Waals surface area (Å²) in [6.07, 6.45) is 3.01. The lowest BCUT2D eigenvalue weighted by Gasteiger charge is -2.02. The van der Waals surface area contributed by atoms with Crippen molar-refractivity contribution >= 4 is 38.1 Å². The Balaban J connectivity index is 2.28. The highest BCUT2D eigenvalue weighted by molar-refractivity contribution is 7.93. The molecular weight excluding hydrogens is 308 g/mol. The molecule has 2 rings (SSSR count). The van der Waals surface area contributed by atoms with Crippen LogP contribution in [0.15, 0.2) is 17.6 Å². The minimum atomic E-state index is -3.80. The van der Waals surface area contributed by atoms with Crippen LogP contribution < -0.4 is 4.72 Å². The number of rotatable bonds is 4. The summed E-state index contributed by atoms with van der Waals surface area (Å²) in [7, 11) is -2.18. The second-order valence-corrected chi connectivity index (χ2v) is 7.30. The lowest BCUT2D eigenvalue weighted by Crippen LogP contribution is -2.13. The molecule has 1 N–H and O–H groups in total. The number of aromatic nitrogens is 3. The first-order valence-electron chi connectivity index (χ1n) is 5.46. The van der Waals surface area contributed by atoms with E-state index < -0.39 is 10.0 Å². The highest BCUT2D eigenvalue weighted by Crippen LogP contribution is 2.28. The maximum absolute atomic E-state index is 12.1. The van der Waals surface area contributed by atoms with Gasteiger partial charge in [-0.1, -0.05) is 25.4 Å². The van der Waals surface area contributed by atoms with E-state index in [9.17, 15) is 8.42 Å². The van der Waals surface area contributed by atoms with Crippen molar-refractivity contribution in [3.8, 4) is 0 Å². The quantitative estimate of drug-likeness (QED) is 0.938. The molecule has 0 spiro atoms. The zero-order chi connectivity index (χ0) is 14.2. The zero-order valence-corrected chi connectivity index (χ0v) is 13.0. The van der Waals surface area contributed by atoms with Gasteiger partial charge in [-0.25, -0.2) is 9.97 Å². The highest BCUT2D eigenvalue weighted by atomic mass is 35.5. The van der Waals surface area contributed by atoms with Crippen LogP contribution in [0.2, 0.25) is 5.15 Å². The third-order valence-corrected chi connectivity index (χ3v) is 5.57. The summed E-state index contributed by atoms with van der Waals surface area (Å²) in [5, 5.41) is 0.177. The number of thiazole rings is 1. The molecule has 9 heteroatoms. The molecule has 0 aliphatic heterocycles. The van der Waals surface area contributed by atoms with Crippen molar-refractivity contribution in [1.82, 2.24) is 14.5 Å². The molecule has 0 aliphatic rings. The van der Waals surface area contributed by atoms with Crippen LogP contribution in [0.4, 0.5) is 5.13 Å². The molecular formula is C10H13ClN4O2S2. The van der Waals surface area contributed by atoms with Crippen LogP contribution >= 0.6 is 22.9 Å². The van der Waals surface area contributed by atoms with E-state index in [0.29, 0.717) is 11.0 Å². The second-order valence-electron chi connectivity index (χ2n) is 4.28. The number of nitrogens with zero attached hydrogens (tertiary/aromatic N) is 3. The molecule has 104 valence electrons. The van der Waals surface area contributed by atoms with Crippen LogP contribution in [0.3, 0.4) is 0 Å². The number of anilines is 1. The van der Waals surface area contributed by atoms with Crippen LogP contribution in [-0.2, 0) is 17.1 Å². The third kappa shape index (κ3) is 2.90. The van der Waals surface area contributed by atoms with Crippen molar-refractivity contribution in [1.29, 1.82) is 0 Å². The van der Waals surface area contributed by atoms with Gasteiger partial charge >= 0.3 is 0 Å². The number of hydrogen-bond donors (Lipinski definition) is 1. The maximum atomic E-state index is 12.1. The molecule has 2 heterocycles. The molecule has 0 aliphatic carbocycles. The Morgan fingerprint density at radius 3 is 2.58 bits per heavy atom. The Labute approximate surface area is 120 Å². The highest BCUT2D eigenvalue weighted by Gasteiger charge is 2.23. The molecule has 0 saturated carbocycles. The number of halogens is 1. The van der Waals surface area contributed by atoms with Gasteiger partial charge in [0.2, 0.25) is 5.03 Å².